The van der Waals surface area contributed by atoms with Crippen LogP contribution < -0.4 is 4.74 Å². The lowest BCUT2D eigenvalue weighted by Crippen LogP contribution is -2.08. The molecule has 1 aliphatic heterocycles. The first-order chi connectivity index (χ1) is 7.52. The molecule has 0 amide bonds. The van der Waals surface area contributed by atoms with Crippen LogP contribution in [0.3, 0.4) is 0 Å². The number of carboxylic acid groups (broad SMARTS) is 1. The van der Waals surface area contributed by atoms with Crippen LogP contribution in [0.4, 0.5) is 0 Å². The number of halogens is 1. The number of carbonyl (C=O) groups is 1. The Morgan fingerprint density at radius 3 is 2.94 bits per heavy atom. The summed E-state index contributed by atoms with van der Waals surface area (Å²) < 4.78 is 5.27. The highest BCUT2D eigenvalue weighted by Crippen LogP contribution is 2.44. The quantitative estimate of drug-likeness (QED) is 0.834. The van der Waals surface area contributed by atoms with E-state index >= 15 is 0 Å². The van der Waals surface area contributed by atoms with Crippen molar-refractivity contribution in [1.82, 2.24) is 0 Å². The molecular weight excluding hydrogens is 232 g/mol. The number of carboxylic acids is 1. The number of hydrogen-bond donors (Lipinski definition) is 2. The number of rotatable bonds is 2. The van der Waals surface area contributed by atoms with Crippen LogP contribution in [-0.4, -0.2) is 22.8 Å². The number of phenols is 1. The van der Waals surface area contributed by atoms with E-state index in [1.807, 2.05) is 0 Å². The van der Waals surface area contributed by atoms with Crippen LogP contribution in [0, 0.1) is 0 Å². The number of ether oxygens (including phenoxy) is 1. The Balaban J connectivity index is 2.56. The van der Waals surface area contributed by atoms with Crippen LogP contribution in [0.2, 0.25) is 5.02 Å². The van der Waals surface area contributed by atoms with Crippen molar-refractivity contribution in [1.29, 1.82) is 0 Å². The average Bonchev–Trinajstić information content (AvgIpc) is 2.70. The summed E-state index contributed by atoms with van der Waals surface area (Å²) >= 11 is 5.92. The van der Waals surface area contributed by atoms with Gasteiger partial charge in [-0.1, -0.05) is 11.6 Å². The summed E-state index contributed by atoms with van der Waals surface area (Å²) in [6.45, 7) is 2.02. The molecular formula is C11H11ClO4. The zero-order valence-electron chi connectivity index (χ0n) is 8.66. The van der Waals surface area contributed by atoms with Crippen LogP contribution in [0.5, 0.6) is 11.5 Å². The van der Waals surface area contributed by atoms with E-state index in [4.69, 9.17) is 21.4 Å². The first-order valence-corrected chi connectivity index (χ1v) is 5.30. The zero-order chi connectivity index (χ0) is 11.9. The van der Waals surface area contributed by atoms with Crippen molar-refractivity contribution in [2.45, 2.75) is 19.3 Å². The van der Waals surface area contributed by atoms with E-state index in [1.54, 1.807) is 6.07 Å². The third kappa shape index (κ3) is 1.59. The number of fused-ring (bicyclic) bond motifs is 1. The van der Waals surface area contributed by atoms with Gasteiger partial charge >= 0.3 is 5.97 Å². The van der Waals surface area contributed by atoms with E-state index < -0.39 is 11.9 Å². The maximum Gasteiger partial charge on any atom is 0.310 e. The summed E-state index contributed by atoms with van der Waals surface area (Å²) in [5.74, 6) is -1.51. The fourth-order valence-electron chi connectivity index (χ4n) is 1.76. The van der Waals surface area contributed by atoms with Crippen molar-refractivity contribution in [3.8, 4) is 11.5 Å². The number of benzene rings is 1. The van der Waals surface area contributed by atoms with Gasteiger partial charge < -0.3 is 14.9 Å². The van der Waals surface area contributed by atoms with Crippen LogP contribution in [0.15, 0.2) is 6.07 Å². The maximum atomic E-state index is 10.9. The smallest absolute Gasteiger partial charge is 0.310 e. The molecule has 2 N–H and O–H groups in total. The summed E-state index contributed by atoms with van der Waals surface area (Å²) in [7, 11) is 0. The molecule has 1 heterocycles. The molecule has 0 bridgehead atoms. The molecule has 0 spiro atoms. The number of phenolic OH excluding ortho intramolecular Hbond substituents is 1. The van der Waals surface area contributed by atoms with Crippen molar-refractivity contribution in [3.63, 3.8) is 0 Å². The summed E-state index contributed by atoms with van der Waals surface area (Å²) in [5.41, 5.74) is 1.19. The largest absolute Gasteiger partial charge is 0.506 e. The van der Waals surface area contributed by atoms with Gasteiger partial charge in [-0.05, 0) is 18.6 Å². The lowest BCUT2D eigenvalue weighted by atomic mass is 9.97. The zero-order valence-corrected chi connectivity index (χ0v) is 9.41. The summed E-state index contributed by atoms with van der Waals surface area (Å²) in [5, 5.41) is 18.8. The summed E-state index contributed by atoms with van der Waals surface area (Å²) in [6, 6.07) is 1.66. The van der Waals surface area contributed by atoms with Gasteiger partial charge in [0.15, 0.2) is 0 Å². The van der Waals surface area contributed by atoms with E-state index in [1.165, 1.54) is 6.92 Å². The second-order valence-electron chi connectivity index (χ2n) is 3.78. The maximum absolute atomic E-state index is 10.9. The van der Waals surface area contributed by atoms with E-state index in [9.17, 15) is 9.90 Å². The van der Waals surface area contributed by atoms with Crippen molar-refractivity contribution in [3.05, 3.63) is 22.2 Å². The lowest BCUT2D eigenvalue weighted by Gasteiger charge is -2.13. The van der Waals surface area contributed by atoms with Crippen LogP contribution in [-0.2, 0) is 11.2 Å². The van der Waals surface area contributed by atoms with Gasteiger partial charge in [-0.2, -0.15) is 0 Å². The number of hydrogen-bond acceptors (Lipinski definition) is 3. The third-order valence-corrected chi connectivity index (χ3v) is 3.11. The van der Waals surface area contributed by atoms with Gasteiger partial charge in [0.2, 0.25) is 0 Å². The Kier molecular flexibility index (Phi) is 2.68. The molecule has 0 radical (unpaired) electrons. The molecule has 0 aromatic heterocycles. The van der Waals surface area contributed by atoms with E-state index in [-0.39, 0.29) is 10.8 Å². The third-order valence-electron chi connectivity index (χ3n) is 2.76. The molecule has 5 heteroatoms. The average molecular weight is 243 g/mol. The van der Waals surface area contributed by atoms with Gasteiger partial charge in [-0.25, -0.2) is 0 Å². The molecule has 86 valence electrons. The summed E-state index contributed by atoms with van der Waals surface area (Å²) in [6.07, 6.45) is 0.689. The topological polar surface area (TPSA) is 66.8 Å². The number of aliphatic carboxylic acids is 1. The van der Waals surface area contributed by atoms with Gasteiger partial charge in [0.05, 0.1) is 12.5 Å². The van der Waals surface area contributed by atoms with Crippen molar-refractivity contribution in [2.75, 3.05) is 6.61 Å². The molecule has 1 atom stereocenters. The minimum absolute atomic E-state index is 0.109. The molecule has 2 rings (SSSR count). The Morgan fingerprint density at radius 2 is 2.31 bits per heavy atom. The predicted molar refractivity (Wildman–Crippen MR) is 58.4 cm³/mol. The van der Waals surface area contributed by atoms with Crippen LogP contribution in [0.1, 0.15) is 24.0 Å². The van der Waals surface area contributed by atoms with Gasteiger partial charge in [0.25, 0.3) is 0 Å². The molecule has 1 aromatic carbocycles. The highest BCUT2D eigenvalue weighted by molar-refractivity contribution is 6.33. The molecule has 0 aliphatic carbocycles. The van der Waals surface area contributed by atoms with Crippen molar-refractivity contribution < 1.29 is 19.7 Å². The highest BCUT2D eigenvalue weighted by atomic mass is 35.5. The highest BCUT2D eigenvalue weighted by Gasteiger charge is 2.26. The molecule has 0 saturated heterocycles. The molecule has 0 saturated carbocycles. The van der Waals surface area contributed by atoms with E-state index in [2.05, 4.69) is 0 Å². The molecule has 1 aromatic rings. The second kappa shape index (κ2) is 3.87. The molecule has 4 nitrogen and oxygen atoms in total. The molecule has 1 aliphatic rings. The monoisotopic (exact) mass is 242 g/mol. The normalized spacial score (nSPS) is 15.4. The van der Waals surface area contributed by atoms with E-state index in [0.29, 0.717) is 24.3 Å². The second-order valence-corrected chi connectivity index (χ2v) is 4.15. The Bertz CT molecular complexity index is 456. The Morgan fingerprint density at radius 1 is 1.62 bits per heavy atom. The van der Waals surface area contributed by atoms with Gasteiger partial charge in [-0.3, -0.25) is 4.79 Å². The SMILES string of the molecule is CC(C(=O)O)c1cc2c(c(Cl)c1O)OCC2. The Labute approximate surface area is 97.4 Å². The molecule has 16 heavy (non-hydrogen) atoms. The first kappa shape index (κ1) is 11.1. The molecule has 0 fully saturated rings. The van der Waals surface area contributed by atoms with Gasteiger partial charge in [0.1, 0.15) is 16.5 Å². The summed E-state index contributed by atoms with van der Waals surface area (Å²) in [4.78, 5) is 10.9. The fourth-order valence-corrected chi connectivity index (χ4v) is 2.05. The van der Waals surface area contributed by atoms with Gasteiger partial charge in [0, 0.05) is 12.0 Å². The van der Waals surface area contributed by atoms with E-state index in [0.717, 1.165) is 5.56 Å². The van der Waals surface area contributed by atoms with Crippen LogP contribution >= 0.6 is 11.6 Å². The standard InChI is InChI=1S/C11H11ClO4/c1-5(11(14)15)7-4-6-2-3-16-10(6)8(12)9(7)13/h4-5,13H,2-3H2,1H3,(H,14,15). The minimum Gasteiger partial charge on any atom is -0.506 e. The van der Waals surface area contributed by atoms with Gasteiger partial charge in [-0.15, -0.1) is 0 Å². The van der Waals surface area contributed by atoms with Crippen LogP contribution in [0.25, 0.3) is 0 Å². The molecule has 1 unspecified atom stereocenters. The first-order valence-electron chi connectivity index (χ1n) is 4.92. The van der Waals surface area contributed by atoms with Crippen molar-refractivity contribution >= 4 is 17.6 Å². The fraction of sp³-hybridized carbons (Fsp3) is 0.364. The Hall–Kier alpha value is -1.42. The predicted octanol–water partition coefficient (Wildman–Crippen LogP) is 2.17. The lowest BCUT2D eigenvalue weighted by molar-refractivity contribution is -0.138. The van der Waals surface area contributed by atoms with Crippen molar-refractivity contribution in [2.24, 2.45) is 0 Å². The minimum atomic E-state index is -0.995. The number of aromatic hydroxyl groups is 1.